The minimum Gasteiger partial charge on any atom is -0.377 e. The Morgan fingerprint density at radius 3 is 2.50 bits per heavy atom. The second-order valence-electron chi connectivity index (χ2n) is 4.34. The number of sulfonamides is 1. The highest BCUT2D eigenvalue weighted by atomic mass is 32.2. The van der Waals surface area contributed by atoms with Gasteiger partial charge in [0.1, 0.15) is 4.90 Å². The van der Waals surface area contributed by atoms with Gasteiger partial charge in [0.2, 0.25) is 16.0 Å². The van der Waals surface area contributed by atoms with E-state index in [1.54, 1.807) is 7.11 Å². The third-order valence-electron chi connectivity index (χ3n) is 3.24. The summed E-state index contributed by atoms with van der Waals surface area (Å²) in [5.74, 6) is 0.0429. The molecule has 0 aliphatic heterocycles. The van der Waals surface area contributed by atoms with E-state index in [2.05, 4.69) is 14.7 Å². The number of hydrogen-bond donors (Lipinski definition) is 2. The maximum absolute atomic E-state index is 12.0. The zero-order chi connectivity index (χ0) is 13.2. The van der Waals surface area contributed by atoms with Gasteiger partial charge in [-0.05, 0) is 19.3 Å². The number of nitrogens with two attached hydrogens (primary N) is 1. The SMILES string of the molecule is COC1(CNS(=O)(=O)c2cnc(N)nc2)CCC1. The van der Waals surface area contributed by atoms with E-state index < -0.39 is 10.0 Å². The molecule has 1 aromatic rings. The van der Waals surface area contributed by atoms with Crippen LogP contribution < -0.4 is 10.5 Å². The van der Waals surface area contributed by atoms with Crippen LogP contribution in [0.4, 0.5) is 5.95 Å². The minimum absolute atomic E-state index is 0.00211. The summed E-state index contributed by atoms with van der Waals surface area (Å²) in [5.41, 5.74) is 4.95. The molecule has 0 bridgehead atoms. The highest BCUT2D eigenvalue weighted by Gasteiger charge is 2.38. The summed E-state index contributed by atoms with van der Waals surface area (Å²) in [5, 5.41) is 0. The number of nitrogen functional groups attached to an aromatic ring is 1. The van der Waals surface area contributed by atoms with Gasteiger partial charge in [0.05, 0.1) is 18.0 Å². The van der Waals surface area contributed by atoms with Crippen LogP contribution >= 0.6 is 0 Å². The Balaban J connectivity index is 2.05. The Hall–Kier alpha value is -1.25. The number of methoxy groups -OCH3 is 1. The topological polar surface area (TPSA) is 107 Å². The van der Waals surface area contributed by atoms with Crippen LogP contribution in [0.1, 0.15) is 19.3 Å². The van der Waals surface area contributed by atoms with Crippen molar-refractivity contribution in [3.8, 4) is 0 Å². The summed E-state index contributed by atoms with van der Waals surface area (Å²) in [4.78, 5) is 7.32. The highest BCUT2D eigenvalue weighted by Crippen LogP contribution is 2.34. The third kappa shape index (κ3) is 2.60. The van der Waals surface area contributed by atoms with E-state index in [4.69, 9.17) is 10.5 Å². The molecule has 18 heavy (non-hydrogen) atoms. The fraction of sp³-hybridized carbons (Fsp3) is 0.600. The summed E-state index contributed by atoms with van der Waals surface area (Å²) in [7, 11) is -2.01. The molecule has 2 rings (SSSR count). The number of aromatic nitrogens is 2. The highest BCUT2D eigenvalue weighted by molar-refractivity contribution is 7.89. The zero-order valence-electron chi connectivity index (χ0n) is 10.1. The molecule has 1 saturated carbocycles. The summed E-state index contributed by atoms with van der Waals surface area (Å²) in [6, 6.07) is 0. The fourth-order valence-corrected chi connectivity index (χ4v) is 2.80. The molecular weight excluding hydrogens is 256 g/mol. The van der Waals surface area contributed by atoms with Crippen LogP contribution in [-0.2, 0) is 14.8 Å². The van der Waals surface area contributed by atoms with E-state index in [9.17, 15) is 8.42 Å². The van der Waals surface area contributed by atoms with Crippen molar-refractivity contribution in [2.75, 3.05) is 19.4 Å². The van der Waals surface area contributed by atoms with Crippen LogP contribution in [0.5, 0.6) is 0 Å². The van der Waals surface area contributed by atoms with Crippen LogP contribution in [0.3, 0.4) is 0 Å². The predicted molar refractivity (Wildman–Crippen MR) is 65.2 cm³/mol. The number of nitrogens with one attached hydrogen (secondary N) is 1. The first-order chi connectivity index (χ1) is 8.47. The van der Waals surface area contributed by atoms with Gasteiger partial charge in [0.15, 0.2) is 0 Å². The van der Waals surface area contributed by atoms with E-state index >= 15 is 0 Å². The molecule has 100 valence electrons. The Morgan fingerprint density at radius 2 is 2.06 bits per heavy atom. The normalized spacial score (nSPS) is 18.3. The van der Waals surface area contributed by atoms with Crippen molar-refractivity contribution in [2.24, 2.45) is 0 Å². The van der Waals surface area contributed by atoms with Gasteiger partial charge in [-0.25, -0.2) is 23.1 Å². The Bertz CT molecular complexity index is 505. The first-order valence-electron chi connectivity index (χ1n) is 5.60. The first kappa shape index (κ1) is 13.2. The summed E-state index contributed by atoms with van der Waals surface area (Å²) in [6.07, 6.45) is 5.16. The molecule has 1 aromatic heterocycles. The monoisotopic (exact) mass is 272 g/mol. The third-order valence-corrected chi connectivity index (χ3v) is 4.60. The van der Waals surface area contributed by atoms with Crippen molar-refractivity contribution < 1.29 is 13.2 Å². The van der Waals surface area contributed by atoms with Crippen LogP contribution in [0, 0.1) is 0 Å². The molecule has 3 N–H and O–H groups in total. The van der Waals surface area contributed by atoms with E-state index in [-0.39, 0.29) is 23.0 Å². The molecule has 0 aromatic carbocycles. The average molecular weight is 272 g/mol. The molecule has 0 unspecified atom stereocenters. The largest absolute Gasteiger partial charge is 0.377 e. The molecule has 8 heteroatoms. The van der Waals surface area contributed by atoms with Gasteiger partial charge >= 0.3 is 0 Å². The van der Waals surface area contributed by atoms with Crippen LogP contribution in [0.2, 0.25) is 0 Å². The summed E-state index contributed by atoms with van der Waals surface area (Å²) in [6.45, 7) is 0.260. The number of hydrogen-bond acceptors (Lipinski definition) is 6. The lowest BCUT2D eigenvalue weighted by Crippen LogP contribution is -2.49. The molecule has 0 spiro atoms. The Morgan fingerprint density at radius 1 is 1.44 bits per heavy atom. The molecule has 1 heterocycles. The lowest BCUT2D eigenvalue weighted by molar-refractivity contribution is -0.0659. The quantitative estimate of drug-likeness (QED) is 0.775. The van der Waals surface area contributed by atoms with Crippen LogP contribution in [0.25, 0.3) is 0 Å². The standard InChI is InChI=1S/C10H16N4O3S/c1-17-10(3-2-4-10)7-14-18(15,16)8-5-12-9(11)13-6-8/h5-6,14H,2-4,7H2,1H3,(H2,11,12,13). The van der Waals surface area contributed by atoms with Crippen molar-refractivity contribution in [1.29, 1.82) is 0 Å². The summed E-state index contributed by atoms with van der Waals surface area (Å²) < 4.78 is 31.8. The number of rotatable bonds is 5. The second-order valence-corrected chi connectivity index (χ2v) is 6.11. The smallest absolute Gasteiger partial charge is 0.243 e. The Labute approximate surface area is 106 Å². The fourth-order valence-electron chi connectivity index (χ4n) is 1.80. The van der Waals surface area contributed by atoms with E-state index in [0.29, 0.717) is 0 Å². The van der Waals surface area contributed by atoms with Gasteiger partial charge in [0.25, 0.3) is 0 Å². The molecule has 7 nitrogen and oxygen atoms in total. The predicted octanol–water partition coefficient (Wildman–Crippen LogP) is -0.0938. The zero-order valence-corrected chi connectivity index (χ0v) is 10.9. The van der Waals surface area contributed by atoms with Crippen LogP contribution in [-0.4, -0.2) is 37.6 Å². The lowest BCUT2D eigenvalue weighted by atomic mass is 9.80. The molecule has 0 atom stereocenters. The van der Waals surface area contributed by atoms with Crippen molar-refractivity contribution in [3.63, 3.8) is 0 Å². The van der Waals surface area contributed by atoms with Gasteiger partial charge < -0.3 is 10.5 Å². The number of nitrogens with zero attached hydrogens (tertiary/aromatic N) is 2. The molecular formula is C10H16N4O3S. The average Bonchev–Trinajstić information content (AvgIpc) is 2.29. The molecule has 0 amide bonds. The Kier molecular flexibility index (Phi) is 3.51. The van der Waals surface area contributed by atoms with Gasteiger partial charge in [-0.1, -0.05) is 0 Å². The second kappa shape index (κ2) is 4.79. The van der Waals surface area contributed by atoms with E-state index in [1.165, 1.54) is 12.4 Å². The van der Waals surface area contributed by atoms with Gasteiger partial charge in [0, 0.05) is 13.7 Å². The summed E-state index contributed by atoms with van der Waals surface area (Å²) >= 11 is 0. The minimum atomic E-state index is -3.61. The molecule has 0 radical (unpaired) electrons. The molecule has 0 saturated heterocycles. The van der Waals surface area contributed by atoms with Crippen molar-refractivity contribution in [2.45, 2.75) is 29.8 Å². The maximum atomic E-state index is 12.0. The van der Waals surface area contributed by atoms with E-state index in [0.717, 1.165) is 19.3 Å². The van der Waals surface area contributed by atoms with Crippen molar-refractivity contribution in [1.82, 2.24) is 14.7 Å². The maximum Gasteiger partial charge on any atom is 0.243 e. The molecule has 1 aliphatic rings. The molecule has 1 aliphatic carbocycles. The van der Waals surface area contributed by atoms with Crippen molar-refractivity contribution in [3.05, 3.63) is 12.4 Å². The van der Waals surface area contributed by atoms with E-state index in [1.807, 2.05) is 0 Å². The lowest BCUT2D eigenvalue weighted by Gasteiger charge is -2.40. The first-order valence-corrected chi connectivity index (χ1v) is 7.08. The van der Waals surface area contributed by atoms with Gasteiger partial charge in [-0.2, -0.15) is 0 Å². The van der Waals surface area contributed by atoms with Gasteiger partial charge in [-0.3, -0.25) is 0 Å². The van der Waals surface area contributed by atoms with Crippen LogP contribution in [0.15, 0.2) is 17.3 Å². The van der Waals surface area contributed by atoms with Gasteiger partial charge in [-0.15, -0.1) is 0 Å². The number of ether oxygens (including phenoxy) is 1. The number of anilines is 1. The van der Waals surface area contributed by atoms with Crippen molar-refractivity contribution >= 4 is 16.0 Å². The molecule has 1 fully saturated rings.